The molecule has 0 unspecified atom stereocenters. The summed E-state index contributed by atoms with van der Waals surface area (Å²) < 4.78 is 14.7. The number of carbonyl (C=O) groups excluding carboxylic acids is 1. The van der Waals surface area contributed by atoms with Crippen molar-refractivity contribution in [1.29, 1.82) is 0 Å². The number of aromatic amines is 1. The standard InChI is InChI=1S/C25H33ClFN5O/c1-5-23(27)25(30-16(2)22-15-29-24-21(22)13-19(26)14-28-24)31-20-10-6-8-18(12-20)9-7-11-32(4)17(3)33/h5,13-15,18,20,31H,1,6-12H2,2-4H3,(H,28,29)/b25-23-,30-16?/t18-,20-/m0/s1. The molecule has 2 heterocycles. The second-order valence-electron chi connectivity index (χ2n) is 8.81. The van der Waals surface area contributed by atoms with E-state index in [2.05, 4.69) is 26.9 Å². The van der Waals surface area contributed by atoms with Gasteiger partial charge in [0.25, 0.3) is 0 Å². The second kappa shape index (κ2) is 11.5. The van der Waals surface area contributed by atoms with E-state index in [1.54, 1.807) is 18.0 Å². The Labute approximate surface area is 200 Å². The van der Waals surface area contributed by atoms with E-state index in [-0.39, 0.29) is 17.8 Å². The van der Waals surface area contributed by atoms with Crippen LogP contribution in [0.15, 0.2) is 47.8 Å². The Kier molecular flexibility index (Phi) is 8.67. The number of hydrogen-bond donors (Lipinski definition) is 2. The lowest BCUT2D eigenvalue weighted by Gasteiger charge is -2.31. The number of fused-ring (bicyclic) bond motifs is 1. The van der Waals surface area contributed by atoms with Gasteiger partial charge in [0.1, 0.15) is 5.65 Å². The van der Waals surface area contributed by atoms with E-state index >= 15 is 0 Å². The van der Waals surface area contributed by atoms with Crippen LogP contribution in [0.2, 0.25) is 5.02 Å². The summed E-state index contributed by atoms with van der Waals surface area (Å²) in [6, 6.07) is 1.97. The maximum absolute atomic E-state index is 14.7. The number of aliphatic imine (C=N–C) groups is 1. The second-order valence-corrected chi connectivity index (χ2v) is 9.24. The molecule has 0 saturated heterocycles. The van der Waals surface area contributed by atoms with Crippen LogP contribution in [-0.4, -0.2) is 46.1 Å². The first kappa shape index (κ1) is 25.0. The third kappa shape index (κ3) is 6.67. The SMILES string of the molecule is C=C/C(F)=C(\N=C(C)c1c[nH]c2ncc(Cl)cc12)N[C@H]1CCC[C@@H](CCCN(C)C(C)=O)C1. The number of pyridine rings is 1. The van der Waals surface area contributed by atoms with Crippen molar-refractivity contribution in [3.63, 3.8) is 0 Å². The van der Waals surface area contributed by atoms with Gasteiger partial charge in [0.05, 0.1) is 5.02 Å². The minimum absolute atomic E-state index is 0.0920. The lowest BCUT2D eigenvalue weighted by Crippen LogP contribution is -2.34. The van der Waals surface area contributed by atoms with Gasteiger partial charge in [-0.1, -0.05) is 31.0 Å². The quantitative estimate of drug-likeness (QED) is 0.359. The highest BCUT2D eigenvalue weighted by molar-refractivity contribution is 6.31. The zero-order chi connectivity index (χ0) is 24.0. The van der Waals surface area contributed by atoms with Crippen LogP contribution < -0.4 is 5.32 Å². The van der Waals surface area contributed by atoms with Gasteiger partial charge in [-0.05, 0) is 50.7 Å². The minimum Gasteiger partial charge on any atom is -0.365 e. The van der Waals surface area contributed by atoms with E-state index in [9.17, 15) is 9.18 Å². The number of hydrogen-bond acceptors (Lipinski definition) is 4. The van der Waals surface area contributed by atoms with E-state index in [1.807, 2.05) is 26.2 Å². The molecule has 0 aromatic carbocycles. The summed E-state index contributed by atoms with van der Waals surface area (Å²) >= 11 is 6.11. The lowest BCUT2D eigenvalue weighted by atomic mass is 9.83. The first-order valence-electron chi connectivity index (χ1n) is 11.5. The number of amides is 1. The molecular formula is C25H33ClFN5O. The van der Waals surface area contributed by atoms with Crippen LogP contribution in [0.1, 0.15) is 57.9 Å². The van der Waals surface area contributed by atoms with Crippen molar-refractivity contribution in [2.24, 2.45) is 10.9 Å². The van der Waals surface area contributed by atoms with Gasteiger partial charge < -0.3 is 15.2 Å². The summed E-state index contributed by atoms with van der Waals surface area (Å²) in [7, 11) is 1.83. The molecule has 0 radical (unpaired) electrons. The fraction of sp³-hybridized carbons (Fsp3) is 0.480. The number of H-pyrrole nitrogens is 1. The van der Waals surface area contributed by atoms with Gasteiger partial charge in [-0.2, -0.15) is 0 Å². The average Bonchev–Trinajstić information content (AvgIpc) is 3.21. The van der Waals surface area contributed by atoms with Crippen molar-refractivity contribution < 1.29 is 9.18 Å². The highest BCUT2D eigenvalue weighted by Crippen LogP contribution is 2.29. The lowest BCUT2D eigenvalue weighted by molar-refractivity contribution is -0.127. The van der Waals surface area contributed by atoms with Gasteiger partial charge >= 0.3 is 0 Å². The van der Waals surface area contributed by atoms with Crippen LogP contribution in [0.4, 0.5) is 4.39 Å². The van der Waals surface area contributed by atoms with Crippen molar-refractivity contribution in [2.75, 3.05) is 13.6 Å². The Bertz CT molecular complexity index is 1060. The van der Waals surface area contributed by atoms with Gasteiger partial charge in [0.2, 0.25) is 5.91 Å². The van der Waals surface area contributed by atoms with Gasteiger partial charge in [-0.15, -0.1) is 0 Å². The van der Waals surface area contributed by atoms with Crippen molar-refractivity contribution in [3.05, 3.63) is 53.3 Å². The van der Waals surface area contributed by atoms with Crippen molar-refractivity contribution in [1.82, 2.24) is 20.2 Å². The number of nitrogens with zero attached hydrogens (tertiary/aromatic N) is 3. The van der Waals surface area contributed by atoms with E-state index in [0.29, 0.717) is 22.3 Å². The first-order chi connectivity index (χ1) is 15.8. The molecule has 2 N–H and O–H groups in total. The predicted octanol–water partition coefficient (Wildman–Crippen LogP) is 5.76. The highest BCUT2D eigenvalue weighted by Gasteiger charge is 2.23. The molecule has 1 aliphatic rings. The predicted molar refractivity (Wildman–Crippen MR) is 133 cm³/mol. The van der Waals surface area contributed by atoms with Gasteiger partial charge in [0.15, 0.2) is 11.6 Å². The maximum atomic E-state index is 14.7. The van der Waals surface area contributed by atoms with Crippen LogP contribution in [0.3, 0.4) is 0 Å². The van der Waals surface area contributed by atoms with Gasteiger partial charge in [-0.3, -0.25) is 4.79 Å². The molecule has 1 aliphatic carbocycles. The van der Waals surface area contributed by atoms with E-state index in [4.69, 9.17) is 11.6 Å². The Balaban J connectivity index is 1.70. The third-order valence-corrected chi connectivity index (χ3v) is 6.55. The fourth-order valence-corrected chi connectivity index (χ4v) is 4.57. The van der Waals surface area contributed by atoms with Crippen molar-refractivity contribution in [3.8, 4) is 0 Å². The molecule has 0 spiro atoms. The Hall–Kier alpha value is -2.67. The van der Waals surface area contributed by atoms with Crippen LogP contribution >= 0.6 is 11.6 Å². The van der Waals surface area contributed by atoms with Gasteiger partial charge in [-0.25, -0.2) is 14.4 Å². The van der Waals surface area contributed by atoms with E-state index in [0.717, 1.165) is 56.0 Å². The number of allylic oxidation sites excluding steroid dienone is 2. The number of carbonyl (C=O) groups is 1. The number of rotatable bonds is 9. The molecule has 2 aromatic rings. The molecule has 1 saturated carbocycles. The molecule has 178 valence electrons. The largest absolute Gasteiger partial charge is 0.365 e. The Morgan fingerprint density at radius 2 is 2.24 bits per heavy atom. The fourth-order valence-electron chi connectivity index (χ4n) is 4.41. The summed E-state index contributed by atoms with van der Waals surface area (Å²) in [5.41, 5.74) is 2.19. The third-order valence-electron chi connectivity index (χ3n) is 6.34. The summed E-state index contributed by atoms with van der Waals surface area (Å²) in [6.45, 7) is 7.79. The molecule has 33 heavy (non-hydrogen) atoms. The Morgan fingerprint density at radius 1 is 1.45 bits per heavy atom. The monoisotopic (exact) mass is 473 g/mol. The smallest absolute Gasteiger partial charge is 0.219 e. The number of nitrogens with one attached hydrogen (secondary N) is 2. The first-order valence-corrected chi connectivity index (χ1v) is 11.8. The summed E-state index contributed by atoms with van der Waals surface area (Å²) in [5, 5.41) is 4.71. The molecule has 3 rings (SSSR count). The number of halogens is 2. The molecule has 0 bridgehead atoms. The summed E-state index contributed by atoms with van der Waals surface area (Å²) in [4.78, 5) is 25.1. The van der Waals surface area contributed by atoms with Crippen molar-refractivity contribution >= 4 is 34.3 Å². The van der Waals surface area contributed by atoms with E-state index < -0.39 is 5.83 Å². The van der Waals surface area contributed by atoms with E-state index in [1.165, 1.54) is 6.08 Å². The molecule has 2 atom stereocenters. The van der Waals surface area contributed by atoms with Crippen LogP contribution in [0, 0.1) is 5.92 Å². The van der Waals surface area contributed by atoms with Crippen molar-refractivity contribution in [2.45, 2.75) is 58.4 Å². The van der Waals surface area contributed by atoms with Crippen LogP contribution in [-0.2, 0) is 4.79 Å². The zero-order valence-corrected chi connectivity index (χ0v) is 20.4. The molecule has 1 fully saturated rings. The zero-order valence-electron chi connectivity index (χ0n) is 19.6. The summed E-state index contributed by atoms with van der Waals surface area (Å²) in [5.74, 6) is 0.371. The molecule has 0 aliphatic heterocycles. The number of aromatic nitrogens is 2. The minimum atomic E-state index is -0.476. The molecule has 2 aromatic heterocycles. The van der Waals surface area contributed by atoms with Crippen LogP contribution in [0.5, 0.6) is 0 Å². The van der Waals surface area contributed by atoms with Crippen LogP contribution in [0.25, 0.3) is 11.0 Å². The summed E-state index contributed by atoms with van der Waals surface area (Å²) in [6.07, 6.45) is 10.8. The molecule has 6 nitrogen and oxygen atoms in total. The highest BCUT2D eigenvalue weighted by atomic mass is 35.5. The normalized spacial score (nSPS) is 19.8. The molecular weight excluding hydrogens is 441 g/mol. The molecule has 8 heteroatoms. The molecule has 1 amide bonds. The Morgan fingerprint density at radius 3 is 2.97 bits per heavy atom. The van der Waals surface area contributed by atoms with Gasteiger partial charge in [0, 0.05) is 55.6 Å². The topological polar surface area (TPSA) is 73.4 Å². The maximum Gasteiger partial charge on any atom is 0.219 e. The average molecular weight is 474 g/mol.